The molecule has 23 heavy (non-hydrogen) atoms. The van der Waals surface area contributed by atoms with Crippen molar-refractivity contribution >= 4 is 17.8 Å². The molecule has 0 aliphatic carbocycles. The summed E-state index contributed by atoms with van der Waals surface area (Å²) in [7, 11) is 2.74. The molecule has 0 aliphatic rings. The molecule has 2 aromatic rings. The van der Waals surface area contributed by atoms with Gasteiger partial charge in [-0.05, 0) is 18.2 Å². The molecule has 2 rings (SSSR count). The summed E-state index contributed by atoms with van der Waals surface area (Å²) in [5.41, 5.74) is 1.26. The van der Waals surface area contributed by atoms with Gasteiger partial charge in [-0.2, -0.15) is 0 Å². The summed E-state index contributed by atoms with van der Waals surface area (Å²) in [4.78, 5) is 22.8. The topological polar surface area (TPSA) is 61.8 Å². The molecule has 0 aliphatic heterocycles. The third-order valence-corrected chi connectivity index (χ3v) is 3.04. The van der Waals surface area contributed by atoms with Crippen molar-refractivity contribution in [2.45, 2.75) is 0 Å². The van der Waals surface area contributed by atoms with Gasteiger partial charge in [0.25, 0.3) is 0 Å². The molecule has 0 unspecified atom stereocenters. The smallest absolute Gasteiger partial charge is 0.341 e. The minimum absolute atomic E-state index is 0.233. The van der Waals surface area contributed by atoms with Gasteiger partial charge in [0.05, 0.1) is 20.5 Å². The van der Waals surface area contributed by atoms with Gasteiger partial charge in [-0.25, -0.2) is 4.79 Å². The van der Waals surface area contributed by atoms with E-state index in [0.29, 0.717) is 22.6 Å². The molecule has 0 fully saturated rings. The summed E-state index contributed by atoms with van der Waals surface area (Å²) >= 11 is 0. The predicted octanol–water partition coefficient (Wildman–Crippen LogP) is 3.45. The van der Waals surface area contributed by atoms with Gasteiger partial charge in [0, 0.05) is 11.1 Å². The van der Waals surface area contributed by atoms with E-state index in [9.17, 15) is 9.59 Å². The molecular formula is C18H16O5. The van der Waals surface area contributed by atoms with Crippen molar-refractivity contribution in [3.63, 3.8) is 0 Å². The van der Waals surface area contributed by atoms with Gasteiger partial charge in [0.2, 0.25) is 0 Å². The Labute approximate surface area is 134 Å². The monoisotopic (exact) mass is 312 g/mol. The highest BCUT2D eigenvalue weighted by molar-refractivity contribution is 6.17. The third-order valence-electron chi connectivity index (χ3n) is 3.04. The number of hydrogen-bond donors (Lipinski definition) is 0. The van der Waals surface area contributed by atoms with Crippen molar-refractivity contribution in [2.75, 3.05) is 14.2 Å². The first-order valence-electron chi connectivity index (χ1n) is 6.83. The quantitative estimate of drug-likeness (QED) is 0.354. The molecular weight excluding hydrogens is 296 g/mol. The van der Waals surface area contributed by atoms with Gasteiger partial charge in [-0.15, -0.1) is 0 Å². The van der Waals surface area contributed by atoms with Crippen LogP contribution >= 0.6 is 0 Å². The molecule has 2 aromatic carbocycles. The Morgan fingerprint density at radius 3 is 2.52 bits per heavy atom. The van der Waals surface area contributed by atoms with E-state index in [4.69, 9.17) is 14.2 Å². The minimum atomic E-state index is -0.537. The van der Waals surface area contributed by atoms with Crippen LogP contribution in [0.1, 0.15) is 15.9 Å². The minimum Gasteiger partial charge on any atom is -0.503 e. The molecule has 0 saturated heterocycles. The Hall–Kier alpha value is -3.08. The molecule has 118 valence electrons. The Balaban J connectivity index is 2.42. The summed E-state index contributed by atoms with van der Waals surface area (Å²) in [6.45, 7) is 0. The Kier molecular flexibility index (Phi) is 5.52. The molecule has 0 saturated carbocycles. The van der Waals surface area contributed by atoms with Crippen molar-refractivity contribution in [3.8, 4) is 11.5 Å². The van der Waals surface area contributed by atoms with E-state index in [1.807, 2.05) is 0 Å². The van der Waals surface area contributed by atoms with Crippen LogP contribution in [0.3, 0.4) is 0 Å². The summed E-state index contributed by atoms with van der Waals surface area (Å²) in [6, 6.07) is 13.7. The molecule has 0 aromatic heterocycles. The van der Waals surface area contributed by atoms with Gasteiger partial charge in [-0.3, -0.25) is 4.79 Å². The molecule has 5 nitrogen and oxygen atoms in total. The molecule has 0 atom stereocenters. The normalized spacial score (nSPS) is 10.8. The lowest BCUT2D eigenvalue weighted by molar-refractivity contribution is -0.133. The zero-order valence-corrected chi connectivity index (χ0v) is 12.8. The lowest BCUT2D eigenvalue weighted by Gasteiger charge is -2.12. The number of carbonyl (C=O) groups is 2. The van der Waals surface area contributed by atoms with Crippen LogP contribution in [-0.4, -0.2) is 26.5 Å². The van der Waals surface area contributed by atoms with Crippen molar-refractivity contribution in [2.24, 2.45) is 0 Å². The van der Waals surface area contributed by atoms with Crippen LogP contribution in [0.2, 0.25) is 0 Å². The molecule has 0 radical (unpaired) electrons. The van der Waals surface area contributed by atoms with Crippen molar-refractivity contribution < 1.29 is 23.8 Å². The van der Waals surface area contributed by atoms with E-state index in [0.717, 1.165) is 6.29 Å². The van der Waals surface area contributed by atoms with E-state index in [2.05, 4.69) is 0 Å². The fourth-order valence-electron chi connectivity index (χ4n) is 2.01. The van der Waals surface area contributed by atoms with Crippen LogP contribution in [0, 0.1) is 0 Å². The third kappa shape index (κ3) is 3.97. The number of para-hydroxylation sites is 1. The zero-order valence-electron chi connectivity index (χ0n) is 12.8. The van der Waals surface area contributed by atoms with Crippen molar-refractivity contribution in [1.82, 2.24) is 0 Å². The maximum absolute atomic E-state index is 11.9. The van der Waals surface area contributed by atoms with Crippen molar-refractivity contribution in [3.05, 3.63) is 65.9 Å². The number of hydrogen-bond acceptors (Lipinski definition) is 5. The molecule has 5 heteroatoms. The second kappa shape index (κ2) is 7.79. The lowest BCUT2D eigenvalue weighted by atomic mass is 10.1. The Bertz CT molecular complexity index is 734. The number of esters is 1. The van der Waals surface area contributed by atoms with Crippen LogP contribution in [0.4, 0.5) is 0 Å². The number of aldehydes is 1. The molecule has 0 N–H and O–H groups in total. The van der Waals surface area contributed by atoms with Crippen LogP contribution in [-0.2, 0) is 14.3 Å². The largest absolute Gasteiger partial charge is 0.503 e. The lowest BCUT2D eigenvalue weighted by Crippen LogP contribution is -2.05. The van der Waals surface area contributed by atoms with Gasteiger partial charge >= 0.3 is 5.97 Å². The van der Waals surface area contributed by atoms with E-state index in [1.54, 1.807) is 48.5 Å². The molecule has 0 spiro atoms. The average molecular weight is 312 g/mol. The standard InChI is InChI=1S/C18H16O5/c1-21-12-16(18(20)22-2)15-8-3-4-9-17(15)23-14-7-5-6-13(10-14)11-19/h3-12H,1-2H3. The number of methoxy groups -OCH3 is 2. The highest BCUT2D eigenvalue weighted by Crippen LogP contribution is 2.31. The Morgan fingerprint density at radius 1 is 1.04 bits per heavy atom. The Morgan fingerprint density at radius 2 is 1.83 bits per heavy atom. The average Bonchev–Trinajstić information content (AvgIpc) is 2.60. The SMILES string of the molecule is COC=C(C(=O)OC)c1ccccc1Oc1cccc(C=O)c1. The fourth-order valence-corrected chi connectivity index (χ4v) is 2.01. The molecule has 0 amide bonds. The van der Waals surface area contributed by atoms with E-state index >= 15 is 0 Å². The maximum Gasteiger partial charge on any atom is 0.341 e. The highest BCUT2D eigenvalue weighted by atomic mass is 16.5. The number of ether oxygens (including phenoxy) is 3. The number of benzene rings is 2. The summed E-state index contributed by atoms with van der Waals surface area (Å²) in [6.07, 6.45) is 2.04. The zero-order chi connectivity index (χ0) is 16.7. The van der Waals surface area contributed by atoms with Crippen molar-refractivity contribution in [1.29, 1.82) is 0 Å². The second-order valence-electron chi connectivity index (χ2n) is 4.55. The highest BCUT2D eigenvalue weighted by Gasteiger charge is 2.18. The summed E-state index contributed by atoms with van der Waals surface area (Å²) in [5.74, 6) is 0.400. The van der Waals surface area contributed by atoms with E-state index in [1.165, 1.54) is 20.5 Å². The second-order valence-corrected chi connectivity index (χ2v) is 4.55. The van der Waals surface area contributed by atoms with Crippen LogP contribution in [0.25, 0.3) is 5.57 Å². The number of carbonyl (C=O) groups excluding carboxylic acids is 2. The van der Waals surface area contributed by atoms with E-state index < -0.39 is 5.97 Å². The first-order valence-corrected chi connectivity index (χ1v) is 6.83. The molecule has 0 heterocycles. The fraction of sp³-hybridized carbons (Fsp3) is 0.111. The summed E-state index contributed by atoms with van der Waals surface area (Å²) < 4.78 is 15.5. The number of rotatable bonds is 6. The maximum atomic E-state index is 11.9. The first kappa shape index (κ1) is 16.3. The van der Waals surface area contributed by atoms with E-state index in [-0.39, 0.29) is 5.57 Å². The van der Waals surface area contributed by atoms with Crippen LogP contribution in [0.5, 0.6) is 11.5 Å². The predicted molar refractivity (Wildman–Crippen MR) is 85.3 cm³/mol. The van der Waals surface area contributed by atoms with Gasteiger partial charge in [0.15, 0.2) is 0 Å². The van der Waals surface area contributed by atoms with Crippen LogP contribution < -0.4 is 4.74 Å². The molecule has 0 bridgehead atoms. The first-order chi connectivity index (χ1) is 11.2. The summed E-state index contributed by atoms with van der Waals surface area (Å²) in [5, 5.41) is 0. The van der Waals surface area contributed by atoms with Gasteiger partial charge in [0.1, 0.15) is 23.4 Å². The van der Waals surface area contributed by atoms with Gasteiger partial charge < -0.3 is 14.2 Å². The van der Waals surface area contributed by atoms with Crippen LogP contribution in [0.15, 0.2) is 54.8 Å². The van der Waals surface area contributed by atoms with Gasteiger partial charge in [-0.1, -0.05) is 30.3 Å².